The van der Waals surface area contributed by atoms with Crippen LogP contribution in [0.25, 0.3) is 0 Å². The number of aromatic amines is 1. The lowest BCUT2D eigenvalue weighted by molar-refractivity contribution is 0.0714. The summed E-state index contributed by atoms with van der Waals surface area (Å²) in [6.45, 7) is 10.8. The highest BCUT2D eigenvalue weighted by molar-refractivity contribution is 5.78. The van der Waals surface area contributed by atoms with Crippen LogP contribution in [-0.4, -0.2) is 80.2 Å². The number of carbonyl (C=O) groups excluding carboxylic acids is 1. The first-order chi connectivity index (χ1) is 14.7. The van der Waals surface area contributed by atoms with E-state index in [1.54, 1.807) is 6.92 Å². The molecule has 4 rings (SSSR count). The molecule has 1 atom stereocenters. The van der Waals surface area contributed by atoms with E-state index in [4.69, 9.17) is 4.74 Å². The van der Waals surface area contributed by atoms with Gasteiger partial charge in [0.25, 0.3) is 0 Å². The first-order valence-electron chi connectivity index (χ1n) is 10.5. The van der Waals surface area contributed by atoms with Crippen molar-refractivity contribution in [2.24, 2.45) is 0 Å². The molecule has 10 nitrogen and oxygen atoms in total. The van der Waals surface area contributed by atoms with Gasteiger partial charge in [-0.25, -0.2) is 14.2 Å². The topological polar surface area (TPSA) is 103 Å². The Morgan fingerprint density at radius 2 is 2.16 bits per heavy atom. The van der Waals surface area contributed by atoms with Crippen molar-refractivity contribution in [2.75, 3.05) is 38.6 Å². The van der Waals surface area contributed by atoms with E-state index < -0.39 is 11.4 Å². The van der Waals surface area contributed by atoms with Gasteiger partial charge in [-0.05, 0) is 34.7 Å². The third-order valence-electron chi connectivity index (χ3n) is 6.16. The monoisotopic (exact) mass is 432 g/mol. The SMILES string of the molecule is CCOc1ncc(F)c(Nc2n[nH]c3c2CN(C(=O)N2CCN(C)[C@H](C)C2)C3(C)C)n1. The van der Waals surface area contributed by atoms with Gasteiger partial charge < -0.3 is 24.8 Å². The number of hydrogen-bond donors (Lipinski definition) is 2. The predicted molar refractivity (Wildman–Crippen MR) is 113 cm³/mol. The fraction of sp³-hybridized carbons (Fsp3) is 0.600. The minimum absolute atomic E-state index is 0.00708. The van der Waals surface area contributed by atoms with E-state index in [1.807, 2.05) is 23.6 Å². The second-order valence-electron chi connectivity index (χ2n) is 8.54. The lowest BCUT2D eigenvalue weighted by atomic mass is 10.0. The van der Waals surface area contributed by atoms with Gasteiger partial charge in [-0.1, -0.05) is 0 Å². The fourth-order valence-corrected chi connectivity index (χ4v) is 4.07. The molecular weight excluding hydrogens is 403 g/mol. The number of nitrogens with one attached hydrogen (secondary N) is 2. The standard InChI is InChI=1S/C20H29FN8O2/c1-6-31-18-22-9-14(21)17(24-18)23-16-13-11-29(20(3,4)15(13)25-26-16)19(30)28-8-7-27(5)12(2)10-28/h9,12H,6-8,10-11H2,1-5H3,(H2,22,23,24,25,26)/t12-/m1/s1. The number of ether oxygens (including phenoxy) is 1. The Bertz CT molecular complexity index is 978. The summed E-state index contributed by atoms with van der Waals surface area (Å²) in [4.78, 5) is 27.2. The highest BCUT2D eigenvalue weighted by atomic mass is 19.1. The summed E-state index contributed by atoms with van der Waals surface area (Å²) < 4.78 is 19.5. The number of amides is 2. The van der Waals surface area contributed by atoms with E-state index >= 15 is 0 Å². The molecule has 0 aliphatic carbocycles. The minimum atomic E-state index is -0.614. The van der Waals surface area contributed by atoms with E-state index in [1.165, 1.54) is 0 Å². The van der Waals surface area contributed by atoms with Crippen LogP contribution in [-0.2, 0) is 12.1 Å². The number of rotatable bonds is 4. The Morgan fingerprint density at radius 3 is 2.87 bits per heavy atom. The van der Waals surface area contributed by atoms with Gasteiger partial charge in [0.2, 0.25) is 0 Å². The second kappa shape index (κ2) is 7.95. The smallest absolute Gasteiger partial charge is 0.321 e. The van der Waals surface area contributed by atoms with Crippen LogP contribution < -0.4 is 10.1 Å². The first kappa shape index (κ1) is 21.3. The zero-order chi connectivity index (χ0) is 22.3. The molecular formula is C20H29FN8O2. The molecule has 2 aliphatic heterocycles. The van der Waals surface area contributed by atoms with Crippen molar-refractivity contribution in [1.82, 2.24) is 34.9 Å². The Labute approximate surface area is 180 Å². The van der Waals surface area contributed by atoms with Gasteiger partial charge >= 0.3 is 12.0 Å². The van der Waals surface area contributed by atoms with Crippen molar-refractivity contribution < 1.29 is 13.9 Å². The summed E-state index contributed by atoms with van der Waals surface area (Å²) in [5.41, 5.74) is 1.06. The number of urea groups is 1. The van der Waals surface area contributed by atoms with Crippen LogP contribution in [0, 0.1) is 5.82 Å². The van der Waals surface area contributed by atoms with E-state index in [9.17, 15) is 9.18 Å². The summed E-state index contributed by atoms with van der Waals surface area (Å²) >= 11 is 0. The predicted octanol–water partition coefficient (Wildman–Crippen LogP) is 2.29. The quantitative estimate of drug-likeness (QED) is 0.764. The van der Waals surface area contributed by atoms with E-state index in [-0.39, 0.29) is 17.9 Å². The molecule has 2 aliphatic rings. The van der Waals surface area contributed by atoms with E-state index in [0.29, 0.717) is 38.1 Å². The molecule has 2 aromatic rings. The normalized spacial score (nSPS) is 20.6. The van der Waals surface area contributed by atoms with Gasteiger partial charge in [-0.3, -0.25) is 5.10 Å². The number of piperazine rings is 1. The van der Waals surface area contributed by atoms with Crippen LogP contribution in [0.2, 0.25) is 0 Å². The minimum Gasteiger partial charge on any atom is -0.464 e. The molecule has 1 fully saturated rings. The van der Waals surface area contributed by atoms with Crippen LogP contribution in [0.3, 0.4) is 0 Å². The highest BCUT2D eigenvalue weighted by Crippen LogP contribution is 2.41. The van der Waals surface area contributed by atoms with Crippen LogP contribution in [0.5, 0.6) is 6.01 Å². The lowest BCUT2D eigenvalue weighted by Crippen LogP contribution is -2.56. The summed E-state index contributed by atoms with van der Waals surface area (Å²) in [5, 5.41) is 10.3. The average Bonchev–Trinajstić information content (AvgIpc) is 3.24. The number of carbonyl (C=O) groups is 1. The maximum atomic E-state index is 14.3. The van der Waals surface area contributed by atoms with Gasteiger partial charge in [0.05, 0.1) is 30.6 Å². The summed E-state index contributed by atoms with van der Waals surface area (Å²) in [6.07, 6.45) is 1.06. The molecule has 2 amide bonds. The molecule has 11 heteroatoms. The number of H-pyrrole nitrogens is 1. The number of anilines is 2. The van der Waals surface area contributed by atoms with E-state index in [2.05, 4.69) is 44.4 Å². The zero-order valence-corrected chi connectivity index (χ0v) is 18.6. The molecule has 168 valence electrons. The largest absolute Gasteiger partial charge is 0.464 e. The zero-order valence-electron chi connectivity index (χ0n) is 18.6. The molecule has 0 unspecified atom stereocenters. The molecule has 4 heterocycles. The molecule has 1 saturated heterocycles. The molecule has 0 spiro atoms. The molecule has 0 radical (unpaired) electrons. The van der Waals surface area contributed by atoms with Gasteiger partial charge in [0.1, 0.15) is 0 Å². The summed E-state index contributed by atoms with van der Waals surface area (Å²) in [7, 11) is 2.07. The molecule has 2 aromatic heterocycles. The molecule has 0 aromatic carbocycles. The molecule has 31 heavy (non-hydrogen) atoms. The van der Waals surface area contributed by atoms with Crippen LogP contribution in [0.1, 0.15) is 39.0 Å². The van der Waals surface area contributed by atoms with Crippen molar-refractivity contribution >= 4 is 17.7 Å². The van der Waals surface area contributed by atoms with Crippen LogP contribution in [0.4, 0.5) is 20.8 Å². The second-order valence-corrected chi connectivity index (χ2v) is 8.54. The number of likely N-dealkylation sites (N-methyl/N-ethyl adjacent to an activating group) is 1. The van der Waals surface area contributed by atoms with Gasteiger partial charge in [-0.2, -0.15) is 10.1 Å². The van der Waals surface area contributed by atoms with Crippen molar-refractivity contribution in [3.63, 3.8) is 0 Å². The van der Waals surface area contributed by atoms with Crippen molar-refractivity contribution in [3.05, 3.63) is 23.3 Å². The summed E-state index contributed by atoms with van der Waals surface area (Å²) in [5.74, 6) is -0.204. The maximum Gasteiger partial charge on any atom is 0.321 e. The fourth-order valence-electron chi connectivity index (χ4n) is 4.07. The number of halogens is 1. The Morgan fingerprint density at radius 1 is 1.39 bits per heavy atom. The number of hydrogen-bond acceptors (Lipinski definition) is 7. The number of aromatic nitrogens is 4. The Kier molecular flexibility index (Phi) is 5.46. The lowest BCUT2D eigenvalue weighted by Gasteiger charge is -2.42. The van der Waals surface area contributed by atoms with Gasteiger partial charge in [-0.15, -0.1) is 0 Å². The maximum absolute atomic E-state index is 14.3. The molecule has 0 bridgehead atoms. The van der Waals surface area contributed by atoms with E-state index in [0.717, 1.165) is 24.0 Å². The summed E-state index contributed by atoms with van der Waals surface area (Å²) in [6, 6.07) is 0.382. The number of fused-ring (bicyclic) bond motifs is 1. The van der Waals surface area contributed by atoms with Crippen LogP contribution >= 0.6 is 0 Å². The molecule has 0 saturated carbocycles. The molecule has 2 N–H and O–H groups in total. The number of nitrogens with zero attached hydrogens (tertiary/aromatic N) is 6. The Balaban J connectivity index is 1.56. The highest BCUT2D eigenvalue weighted by Gasteiger charge is 2.45. The van der Waals surface area contributed by atoms with Gasteiger partial charge in [0.15, 0.2) is 17.5 Å². The van der Waals surface area contributed by atoms with Gasteiger partial charge in [0, 0.05) is 31.2 Å². The first-order valence-corrected chi connectivity index (χ1v) is 10.5. The third-order valence-corrected chi connectivity index (χ3v) is 6.16. The van der Waals surface area contributed by atoms with Crippen molar-refractivity contribution in [2.45, 2.75) is 45.8 Å². The third kappa shape index (κ3) is 3.78. The Hall–Kier alpha value is -2.95. The van der Waals surface area contributed by atoms with Crippen LogP contribution in [0.15, 0.2) is 6.20 Å². The average molecular weight is 433 g/mol. The van der Waals surface area contributed by atoms with Crippen molar-refractivity contribution in [3.8, 4) is 6.01 Å². The van der Waals surface area contributed by atoms with Crippen molar-refractivity contribution in [1.29, 1.82) is 0 Å².